The summed E-state index contributed by atoms with van der Waals surface area (Å²) in [5.74, 6) is 0. The molecule has 0 saturated heterocycles. The zero-order valence-corrected chi connectivity index (χ0v) is 46.4. The molecule has 0 N–H and O–H groups in total. The molecular weight excluding hydrogens is 1170 g/mol. The van der Waals surface area contributed by atoms with E-state index in [9.17, 15) is 0 Å². The molecule has 0 aliphatic heterocycles. The zero-order chi connectivity index (χ0) is 52.5. The number of aromatic nitrogens is 3. The van der Waals surface area contributed by atoms with Crippen LogP contribution in [0.15, 0.2) is 279 Å². The van der Waals surface area contributed by atoms with Gasteiger partial charge in [0.2, 0.25) is 0 Å². The summed E-state index contributed by atoms with van der Waals surface area (Å²) >= 11 is 1.78. The fourth-order valence-corrected chi connectivity index (χ4v) is 12.0. The maximum absolute atomic E-state index is 5.30. The Bertz CT molecular complexity index is 4360. The van der Waals surface area contributed by atoms with Crippen molar-refractivity contribution in [2.75, 3.05) is 0 Å². The minimum atomic E-state index is 0. The molecule has 4 aromatic heterocycles. The number of nitrogens with zero attached hydrogens (tertiary/aromatic N) is 3. The maximum Gasteiger partial charge on any atom is 3.00 e. The molecule has 0 amide bonds. The average Bonchev–Trinajstić information content (AvgIpc) is 4.07. The van der Waals surface area contributed by atoms with Gasteiger partial charge in [0.15, 0.2) is 0 Å². The van der Waals surface area contributed by atoms with E-state index in [2.05, 4.69) is 237 Å². The average molecular weight is 1210 g/mol. The predicted molar refractivity (Wildman–Crippen MR) is 329 cm³/mol. The molecule has 0 fully saturated rings. The summed E-state index contributed by atoms with van der Waals surface area (Å²) in [4.78, 5) is 15.2. The van der Waals surface area contributed by atoms with Crippen molar-refractivity contribution in [3.8, 4) is 123 Å². The third-order valence-electron chi connectivity index (χ3n) is 14.8. The van der Waals surface area contributed by atoms with Crippen molar-refractivity contribution in [1.82, 2.24) is 15.0 Å². The summed E-state index contributed by atoms with van der Waals surface area (Å²) in [6.07, 6.45) is 6.04. The van der Waals surface area contributed by atoms with E-state index in [-0.39, 0.29) is 20.1 Å². The van der Waals surface area contributed by atoms with E-state index >= 15 is 0 Å². The number of rotatable bonds is 11. The fraction of sp³-hybridized carbons (Fsp3) is 0. The Morgan fingerprint density at radius 2 is 0.738 bits per heavy atom. The summed E-state index contributed by atoms with van der Waals surface area (Å²) < 4.78 is 2.38. The summed E-state index contributed by atoms with van der Waals surface area (Å²) in [6.45, 7) is 0. The number of thiophene rings is 1. The van der Waals surface area contributed by atoms with Crippen LogP contribution >= 0.6 is 11.3 Å². The van der Waals surface area contributed by atoms with Crippen molar-refractivity contribution in [1.29, 1.82) is 0 Å². The van der Waals surface area contributed by atoms with E-state index in [1.807, 2.05) is 60.9 Å². The van der Waals surface area contributed by atoms with Crippen molar-refractivity contribution >= 4 is 31.5 Å². The van der Waals surface area contributed by atoms with Crippen LogP contribution in [-0.4, -0.2) is 15.0 Å². The van der Waals surface area contributed by atoms with Gasteiger partial charge in [-0.25, -0.2) is 0 Å². The van der Waals surface area contributed by atoms with Crippen molar-refractivity contribution in [3.63, 3.8) is 0 Å². The van der Waals surface area contributed by atoms with Crippen molar-refractivity contribution in [2.45, 2.75) is 0 Å². The molecule has 0 radical (unpaired) electrons. The molecule has 0 saturated carbocycles. The molecule has 5 heteroatoms. The van der Waals surface area contributed by atoms with Gasteiger partial charge in [-0.1, -0.05) is 181 Å². The zero-order valence-electron chi connectivity index (χ0n) is 43.1. The molecule has 14 aromatic rings. The van der Waals surface area contributed by atoms with Gasteiger partial charge in [-0.05, 0) is 135 Å². The predicted octanol–water partition coefficient (Wildman–Crippen LogP) is 20.0. The standard InChI is InChI=1S/C75H46N3S.Ir/c1-4-18-50(19-5-1)51-32-34-52(35-33-51)69-46-73(55-36-39-68-67-30-16-17-31-74(67)79-75(68)45-55)78-49-70(69)66-29-15-14-28-65(66)60-43-58(63-26-12-10-24-61(63)56-37-40-71(76-47-56)53-20-6-2-7-21-53)42-59(44-60)64-27-13-11-25-62(64)57-38-41-72(77-48-57)54-22-8-3-9-23-54;/h1-20,22,24-44,46-49H;/q-3;+3. The van der Waals surface area contributed by atoms with Crippen LogP contribution in [0.25, 0.3) is 143 Å². The van der Waals surface area contributed by atoms with Crippen LogP contribution in [0.3, 0.4) is 0 Å². The quantitative estimate of drug-likeness (QED) is 0.121. The van der Waals surface area contributed by atoms with Crippen molar-refractivity contribution in [3.05, 3.63) is 298 Å². The van der Waals surface area contributed by atoms with Crippen molar-refractivity contribution in [2.24, 2.45) is 0 Å². The maximum atomic E-state index is 5.30. The number of hydrogen-bond acceptors (Lipinski definition) is 4. The van der Waals surface area contributed by atoms with Crippen LogP contribution in [0.5, 0.6) is 0 Å². The van der Waals surface area contributed by atoms with Crippen LogP contribution < -0.4 is 0 Å². The molecule has 14 rings (SSSR count). The van der Waals surface area contributed by atoms with Gasteiger partial charge in [0.25, 0.3) is 0 Å². The van der Waals surface area contributed by atoms with Crippen molar-refractivity contribution < 1.29 is 20.1 Å². The minimum absolute atomic E-state index is 0. The Morgan fingerprint density at radius 1 is 0.275 bits per heavy atom. The van der Waals surface area contributed by atoms with Gasteiger partial charge in [-0.2, -0.15) is 11.3 Å². The summed E-state index contributed by atoms with van der Waals surface area (Å²) in [5.41, 5.74) is 22.9. The Morgan fingerprint density at radius 3 is 1.29 bits per heavy atom. The largest absolute Gasteiger partial charge is 3.00 e. The molecular formula is C75H46IrN3S. The topological polar surface area (TPSA) is 38.7 Å². The van der Waals surface area contributed by atoms with Crippen LogP contribution in [0.1, 0.15) is 0 Å². The molecule has 4 heterocycles. The van der Waals surface area contributed by atoms with E-state index in [1.54, 1.807) is 11.3 Å². The van der Waals surface area contributed by atoms with E-state index in [4.69, 9.17) is 15.0 Å². The monoisotopic (exact) mass is 1210 g/mol. The van der Waals surface area contributed by atoms with Gasteiger partial charge in [-0.3, -0.25) is 0 Å². The molecule has 0 aliphatic carbocycles. The number of hydrogen-bond donors (Lipinski definition) is 0. The van der Waals surface area contributed by atoms with Gasteiger partial charge < -0.3 is 15.0 Å². The second kappa shape index (κ2) is 22.1. The second-order valence-corrected chi connectivity index (χ2v) is 20.7. The first-order valence-electron chi connectivity index (χ1n) is 26.5. The van der Waals surface area contributed by atoms with Gasteiger partial charge >= 0.3 is 20.1 Å². The third-order valence-corrected chi connectivity index (χ3v) is 15.9. The molecule has 0 spiro atoms. The van der Waals surface area contributed by atoms with Crippen LogP contribution in [0.4, 0.5) is 0 Å². The first-order valence-corrected chi connectivity index (χ1v) is 27.3. The van der Waals surface area contributed by atoms with Gasteiger partial charge in [0.1, 0.15) is 0 Å². The van der Waals surface area contributed by atoms with Crippen LogP contribution in [-0.2, 0) is 20.1 Å². The number of pyridine rings is 3. The molecule has 80 heavy (non-hydrogen) atoms. The number of benzene rings is 10. The molecule has 0 aliphatic rings. The van der Waals surface area contributed by atoms with E-state index in [1.165, 1.54) is 21.0 Å². The number of fused-ring (bicyclic) bond motifs is 3. The van der Waals surface area contributed by atoms with Gasteiger partial charge in [-0.15, -0.1) is 95.6 Å². The van der Waals surface area contributed by atoms with Crippen LogP contribution in [0.2, 0.25) is 0 Å². The second-order valence-electron chi connectivity index (χ2n) is 19.6. The Balaban J connectivity index is 0.00000605. The third kappa shape index (κ3) is 9.80. The Kier molecular flexibility index (Phi) is 13.8. The fourth-order valence-electron chi connectivity index (χ4n) is 10.9. The molecule has 10 aromatic carbocycles. The normalized spacial score (nSPS) is 11.2. The molecule has 0 atom stereocenters. The summed E-state index contributed by atoms with van der Waals surface area (Å²) in [5, 5.41) is 2.47. The molecule has 0 bridgehead atoms. The smallest absolute Gasteiger partial charge is 0.304 e. The Labute approximate surface area is 483 Å². The minimum Gasteiger partial charge on any atom is -0.304 e. The Hall–Kier alpha value is -9.48. The van der Waals surface area contributed by atoms with E-state index in [0.717, 1.165) is 122 Å². The van der Waals surface area contributed by atoms with Gasteiger partial charge in [0, 0.05) is 28.9 Å². The summed E-state index contributed by atoms with van der Waals surface area (Å²) in [7, 11) is 0. The molecule has 376 valence electrons. The van der Waals surface area contributed by atoms with Crippen LogP contribution in [0, 0.1) is 18.2 Å². The molecule has 3 nitrogen and oxygen atoms in total. The van der Waals surface area contributed by atoms with E-state index in [0.29, 0.717) is 0 Å². The molecule has 0 unspecified atom stereocenters. The summed E-state index contributed by atoms with van der Waals surface area (Å²) in [6, 6.07) is 103. The van der Waals surface area contributed by atoms with E-state index < -0.39 is 0 Å². The van der Waals surface area contributed by atoms with Gasteiger partial charge in [0.05, 0.1) is 0 Å². The first-order chi connectivity index (χ1) is 39.1. The first kappa shape index (κ1) is 50.1. The SMILES string of the molecule is [Ir+3].[c-]1ccccc1-c1ccc(-c2ccccc2-c2cc(-c3ccccc3-c3ccc(-c4[c-]cccc4)nc3)cc(-c3ccccc3-c3cnc(-c4[c-]c5sc6ccccc6c5cc4)cc3-c3ccc(-c4ccccc4)cc3)c2)cn1.